The average Bonchev–Trinajstić information content (AvgIpc) is 2.47. The van der Waals surface area contributed by atoms with E-state index in [0.29, 0.717) is 25.1 Å². The van der Waals surface area contributed by atoms with E-state index < -0.39 is 27.8 Å². The lowest BCUT2D eigenvalue weighted by Crippen LogP contribution is -2.47. The minimum Gasteiger partial charge on any atom is -0.387 e. The second-order valence-electron chi connectivity index (χ2n) is 4.78. The first-order valence-electron chi connectivity index (χ1n) is 6.48. The number of nitrogens with one attached hydrogen (secondary N) is 1. The van der Waals surface area contributed by atoms with E-state index in [1.165, 1.54) is 4.90 Å². The van der Waals surface area contributed by atoms with Crippen LogP contribution in [0.4, 0.5) is 5.69 Å². The third-order valence-corrected chi connectivity index (χ3v) is 5.12. The Labute approximate surface area is 118 Å². The highest BCUT2D eigenvalue weighted by molar-refractivity contribution is 7.93. The number of nitrogens with zero attached hydrogens (tertiary/aromatic N) is 1. The summed E-state index contributed by atoms with van der Waals surface area (Å²) < 4.78 is 27.1. The van der Waals surface area contributed by atoms with Crippen LogP contribution in [0.25, 0.3) is 0 Å². The molecule has 1 aromatic carbocycles. The highest BCUT2D eigenvalue weighted by Gasteiger charge is 2.32. The van der Waals surface area contributed by atoms with Crippen LogP contribution >= 0.6 is 0 Å². The Morgan fingerprint density at radius 1 is 1.35 bits per heavy atom. The fourth-order valence-corrected chi connectivity index (χ4v) is 3.76. The summed E-state index contributed by atoms with van der Waals surface area (Å²) in [5, 5.41) is 8.21. The zero-order valence-electron chi connectivity index (χ0n) is 11.0. The predicted octanol–water partition coefficient (Wildman–Crippen LogP) is 0.412. The summed E-state index contributed by atoms with van der Waals surface area (Å²) >= 11 is 0. The number of aliphatic hydroxyl groups excluding tert-OH is 1. The molecular weight excluding hydrogens is 280 g/mol. The van der Waals surface area contributed by atoms with Crippen LogP contribution in [0.15, 0.2) is 30.3 Å². The fraction of sp³-hybridized carbons (Fsp3) is 0.462. The van der Waals surface area contributed by atoms with Crippen LogP contribution in [0, 0.1) is 0 Å². The lowest BCUT2D eigenvalue weighted by molar-refractivity contribution is -0.134. The maximum atomic E-state index is 12.3. The quantitative estimate of drug-likeness (QED) is 0.843. The van der Waals surface area contributed by atoms with Gasteiger partial charge in [0.25, 0.3) is 0 Å². The number of piperidine rings is 1. The van der Waals surface area contributed by atoms with Gasteiger partial charge in [-0.3, -0.25) is 9.52 Å². The van der Waals surface area contributed by atoms with Crippen LogP contribution in [0.3, 0.4) is 0 Å². The number of rotatable bonds is 4. The van der Waals surface area contributed by atoms with Crippen LogP contribution in [-0.2, 0) is 14.8 Å². The molecule has 1 amide bonds. The lowest BCUT2D eigenvalue weighted by atomic mass is 10.1. The Balaban J connectivity index is 2.07. The molecule has 1 saturated heterocycles. The van der Waals surface area contributed by atoms with E-state index in [9.17, 15) is 13.2 Å². The molecule has 1 aliphatic rings. The highest BCUT2D eigenvalue weighted by Crippen LogP contribution is 2.19. The molecular formula is C13H18N2O4S. The molecule has 1 unspecified atom stereocenters. The first-order chi connectivity index (χ1) is 9.53. The number of hydrogen-bond acceptors (Lipinski definition) is 4. The summed E-state index contributed by atoms with van der Waals surface area (Å²) in [7, 11) is -3.54. The van der Waals surface area contributed by atoms with Crippen LogP contribution in [0.5, 0.6) is 0 Å². The highest BCUT2D eigenvalue weighted by atomic mass is 32.2. The maximum absolute atomic E-state index is 12.3. The molecule has 6 nitrogen and oxygen atoms in total. The summed E-state index contributed by atoms with van der Waals surface area (Å²) in [6.07, 6.45) is 1.13. The molecule has 1 aromatic rings. The number of para-hydroxylation sites is 1. The number of amides is 1. The molecule has 7 heteroatoms. The molecule has 0 radical (unpaired) electrons. The monoisotopic (exact) mass is 298 g/mol. The van der Waals surface area contributed by atoms with Gasteiger partial charge in [0.1, 0.15) is 6.61 Å². The summed E-state index contributed by atoms with van der Waals surface area (Å²) in [5.41, 5.74) is 0.512. The third kappa shape index (κ3) is 3.49. The summed E-state index contributed by atoms with van der Waals surface area (Å²) in [6.45, 7) is 0.0389. The fourth-order valence-electron chi connectivity index (χ4n) is 2.27. The molecule has 2 N–H and O–H groups in total. The SMILES string of the molecule is O=C(CO)N1CCCC(S(=O)(=O)Nc2ccccc2)C1. The van der Waals surface area contributed by atoms with Crippen molar-refractivity contribution >= 4 is 21.6 Å². The van der Waals surface area contributed by atoms with Crippen molar-refractivity contribution in [2.45, 2.75) is 18.1 Å². The molecule has 1 heterocycles. The van der Waals surface area contributed by atoms with Gasteiger partial charge in [-0.1, -0.05) is 18.2 Å². The Hall–Kier alpha value is -1.60. The van der Waals surface area contributed by atoms with Gasteiger partial charge in [0.05, 0.1) is 5.25 Å². The molecule has 1 fully saturated rings. The number of sulfonamides is 1. The zero-order valence-corrected chi connectivity index (χ0v) is 11.8. The van der Waals surface area contributed by atoms with Gasteiger partial charge in [-0.05, 0) is 25.0 Å². The van der Waals surface area contributed by atoms with E-state index in [4.69, 9.17) is 5.11 Å². The largest absolute Gasteiger partial charge is 0.387 e. The standard InChI is InChI=1S/C13H18N2O4S/c16-10-13(17)15-8-4-7-12(9-15)20(18,19)14-11-5-2-1-3-6-11/h1-3,5-6,12,14,16H,4,7-10H2. The minimum absolute atomic E-state index is 0.127. The van der Waals surface area contributed by atoms with E-state index in [1.807, 2.05) is 0 Å². The number of benzene rings is 1. The normalized spacial score (nSPS) is 19.6. The van der Waals surface area contributed by atoms with Gasteiger partial charge in [0.15, 0.2) is 0 Å². The lowest BCUT2D eigenvalue weighted by Gasteiger charge is -2.32. The minimum atomic E-state index is -3.54. The molecule has 20 heavy (non-hydrogen) atoms. The van der Waals surface area contributed by atoms with Gasteiger partial charge in [0, 0.05) is 18.8 Å². The van der Waals surface area contributed by atoms with Crippen molar-refractivity contribution in [2.24, 2.45) is 0 Å². The van der Waals surface area contributed by atoms with Crippen molar-refractivity contribution < 1.29 is 18.3 Å². The van der Waals surface area contributed by atoms with Crippen LogP contribution in [0.2, 0.25) is 0 Å². The zero-order chi connectivity index (χ0) is 14.6. The molecule has 0 aromatic heterocycles. The topological polar surface area (TPSA) is 86.7 Å². The molecule has 110 valence electrons. The second-order valence-corrected chi connectivity index (χ2v) is 6.74. The molecule has 2 rings (SSSR count). The van der Waals surface area contributed by atoms with Gasteiger partial charge in [0.2, 0.25) is 15.9 Å². The molecule has 1 aliphatic heterocycles. The first kappa shape index (κ1) is 14.8. The third-order valence-electron chi connectivity index (χ3n) is 3.34. The van der Waals surface area contributed by atoms with E-state index in [2.05, 4.69) is 4.72 Å². The van der Waals surface area contributed by atoms with Gasteiger partial charge in [-0.2, -0.15) is 0 Å². The van der Waals surface area contributed by atoms with Gasteiger partial charge < -0.3 is 10.0 Å². The average molecular weight is 298 g/mol. The van der Waals surface area contributed by atoms with Crippen molar-refractivity contribution in [3.8, 4) is 0 Å². The Kier molecular flexibility index (Phi) is 4.61. The van der Waals surface area contributed by atoms with Crippen molar-refractivity contribution in [2.75, 3.05) is 24.4 Å². The molecule has 0 aliphatic carbocycles. The summed E-state index contributed by atoms with van der Waals surface area (Å²) in [4.78, 5) is 12.9. The van der Waals surface area contributed by atoms with E-state index in [-0.39, 0.29) is 6.54 Å². The molecule has 0 spiro atoms. The predicted molar refractivity (Wildman–Crippen MR) is 75.7 cm³/mol. The Morgan fingerprint density at radius 2 is 2.05 bits per heavy atom. The Morgan fingerprint density at radius 3 is 2.70 bits per heavy atom. The van der Waals surface area contributed by atoms with E-state index >= 15 is 0 Å². The number of hydrogen-bond donors (Lipinski definition) is 2. The van der Waals surface area contributed by atoms with E-state index in [1.54, 1.807) is 30.3 Å². The number of carbonyl (C=O) groups is 1. The summed E-state index contributed by atoms with van der Waals surface area (Å²) in [6, 6.07) is 8.66. The van der Waals surface area contributed by atoms with Crippen LogP contribution in [0.1, 0.15) is 12.8 Å². The molecule has 0 bridgehead atoms. The van der Waals surface area contributed by atoms with Gasteiger partial charge in [-0.25, -0.2) is 8.42 Å². The van der Waals surface area contributed by atoms with Crippen LogP contribution < -0.4 is 4.72 Å². The number of likely N-dealkylation sites (tertiary alicyclic amines) is 1. The second kappa shape index (κ2) is 6.23. The van der Waals surface area contributed by atoms with Crippen molar-refractivity contribution in [3.05, 3.63) is 30.3 Å². The number of aliphatic hydroxyl groups is 1. The van der Waals surface area contributed by atoms with Crippen molar-refractivity contribution in [1.29, 1.82) is 0 Å². The van der Waals surface area contributed by atoms with Gasteiger partial charge >= 0.3 is 0 Å². The summed E-state index contributed by atoms with van der Waals surface area (Å²) in [5.74, 6) is -0.426. The number of anilines is 1. The van der Waals surface area contributed by atoms with Gasteiger partial charge in [-0.15, -0.1) is 0 Å². The number of carbonyl (C=O) groups excluding carboxylic acids is 1. The maximum Gasteiger partial charge on any atom is 0.248 e. The molecule has 1 atom stereocenters. The van der Waals surface area contributed by atoms with Crippen molar-refractivity contribution in [1.82, 2.24) is 4.90 Å². The first-order valence-corrected chi connectivity index (χ1v) is 8.03. The molecule has 0 saturated carbocycles. The van der Waals surface area contributed by atoms with Crippen molar-refractivity contribution in [3.63, 3.8) is 0 Å². The Bertz CT molecular complexity index is 559. The smallest absolute Gasteiger partial charge is 0.248 e. The van der Waals surface area contributed by atoms with E-state index in [0.717, 1.165) is 0 Å². The van der Waals surface area contributed by atoms with Crippen LogP contribution in [-0.4, -0.2) is 49.3 Å².